The molecule has 0 aliphatic heterocycles. The molecule has 0 bridgehead atoms. The summed E-state index contributed by atoms with van der Waals surface area (Å²) < 4.78 is 5.48. The van der Waals surface area contributed by atoms with Crippen molar-refractivity contribution in [1.29, 1.82) is 0 Å². The zero-order chi connectivity index (χ0) is 19.3. The molecule has 0 aliphatic rings. The fraction of sp³-hybridized carbons (Fsp3) is 0.278. The van der Waals surface area contributed by atoms with Crippen LogP contribution in [-0.2, 0) is 20.6 Å². The van der Waals surface area contributed by atoms with Gasteiger partial charge in [0.05, 0.1) is 23.1 Å². The lowest BCUT2D eigenvalue weighted by Gasteiger charge is -2.05. The standard InChI is InChI=1S/C18H20N8O/c1-5-26-15(6-10(2)23-26)13-9-24(3)18(22-13)16-11-8-20-25(4)14(11)7-12(21-16)17(19)27/h6-9H,5H2,1-4H3,(H2,19,27). The third-order valence-corrected chi connectivity index (χ3v) is 4.55. The van der Waals surface area contributed by atoms with Crippen molar-refractivity contribution in [3.05, 3.63) is 35.9 Å². The van der Waals surface area contributed by atoms with Crippen LogP contribution in [0.3, 0.4) is 0 Å². The van der Waals surface area contributed by atoms with Crippen molar-refractivity contribution in [2.45, 2.75) is 20.4 Å². The second-order valence-electron chi connectivity index (χ2n) is 6.47. The third-order valence-electron chi connectivity index (χ3n) is 4.55. The number of rotatable bonds is 4. The largest absolute Gasteiger partial charge is 0.364 e. The first-order chi connectivity index (χ1) is 12.9. The molecule has 4 heterocycles. The molecule has 4 rings (SSSR count). The SMILES string of the molecule is CCn1nc(C)cc1-c1cn(C)c(-c2nc(C(N)=O)cc3c2cnn3C)n1. The average molecular weight is 364 g/mol. The fourth-order valence-electron chi connectivity index (χ4n) is 3.24. The Morgan fingerprint density at radius 3 is 2.70 bits per heavy atom. The Morgan fingerprint density at radius 2 is 2.00 bits per heavy atom. The van der Waals surface area contributed by atoms with E-state index in [1.165, 1.54) is 0 Å². The minimum Gasteiger partial charge on any atom is -0.364 e. The van der Waals surface area contributed by atoms with Gasteiger partial charge in [-0.2, -0.15) is 10.2 Å². The first-order valence-electron chi connectivity index (χ1n) is 8.60. The van der Waals surface area contributed by atoms with Crippen LogP contribution < -0.4 is 5.73 Å². The van der Waals surface area contributed by atoms with Gasteiger partial charge < -0.3 is 10.3 Å². The molecule has 2 N–H and O–H groups in total. The van der Waals surface area contributed by atoms with Gasteiger partial charge in [0, 0.05) is 32.2 Å². The van der Waals surface area contributed by atoms with E-state index >= 15 is 0 Å². The monoisotopic (exact) mass is 364 g/mol. The van der Waals surface area contributed by atoms with E-state index in [0.717, 1.165) is 34.5 Å². The molecule has 0 saturated carbocycles. The van der Waals surface area contributed by atoms with Crippen LogP contribution in [-0.4, -0.2) is 40.0 Å². The lowest BCUT2D eigenvalue weighted by Crippen LogP contribution is -2.14. The lowest BCUT2D eigenvalue weighted by molar-refractivity contribution is 0.0996. The van der Waals surface area contributed by atoms with E-state index in [0.29, 0.717) is 11.5 Å². The Morgan fingerprint density at radius 1 is 1.22 bits per heavy atom. The molecule has 0 aliphatic carbocycles. The molecule has 138 valence electrons. The van der Waals surface area contributed by atoms with Crippen LogP contribution >= 0.6 is 0 Å². The summed E-state index contributed by atoms with van der Waals surface area (Å²) in [5.41, 5.74) is 9.66. The zero-order valence-electron chi connectivity index (χ0n) is 15.6. The topological polar surface area (TPSA) is 109 Å². The molecule has 0 saturated heterocycles. The Hall–Kier alpha value is -3.49. The van der Waals surface area contributed by atoms with Crippen molar-refractivity contribution in [3.63, 3.8) is 0 Å². The van der Waals surface area contributed by atoms with Gasteiger partial charge in [-0.15, -0.1) is 0 Å². The number of nitrogens with two attached hydrogens (primary N) is 1. The summed E-state index contributed by atoms with van der Waals surface area (Å²) in [5, 5.41) is 9.57. The molecule has 4 aromatic rings. The molecule has 9 nitrogen and oxygen atoms in total. The van der Waals surface area contributed by atoms with E-state index in [-0.39, 0.29) is 5.69 Å². The summed E-state index contributed by atoms with van der Waals surface area (Å²) in [6, 6.07) is 3.65. The highest BCUT2D eigenvalue weighted by Gasteiger charge is 2.20. The molecular weight excluding hydrogens is 344 g/mol. The van der Waals surface area contributed by atoms with Crippen molar-refractivity contribution in [2.75, 3.05) is 0 Å². The number of amides is 1. The maximum atomic E-state index is 11.8. The third kappa shape index (κ3) is 2.67. The van der Waals surface area contributed by atoms with Crippen LogP contribution in [0.15, 0.2) is 24.5 Å². The maximum Gasteiger partial charge on any atom is 0.267 e. The summed E-state index contributed by atoms with van der Waals surface area (Å²) in [6.45, 7) is 4.74. The Balaban J connectivity index is 1.94. The highest BCUT2D eigenvalue weighted by Crippen LogP contribution is 2.29. The molecule has 4 aromatic heterocycles. The van der Waals surface area contributed by atoms with Gasteiger partial charge in [0.15, 0.2) is 5.82 Å². The van der Waals surface area contributed by atoms with Crippen LogP contribution in [0.4, 0.5) is 0 Å². The predicted octanol–water partition coefficient (Wildman–Crippen LogP) is 1.66. The molecule has 0 spiro atoms. The number of aromatic nitrogens is 7. The summed E-state index contributed by atoms with van der Waals surface area (Å²) in [6.07, 6.45) is 3.65. The molecule has 0 unspecified atom stereocenters. The second kappa shape index (κ2) is 6.04. The van der Waals surface area contributed by atoms with Gasteiger partial charge in [0.1, 0.15) is 17.1 Å². The Labute approximate surface area is 155 Å². The number of pyridine rings is 1. The number of hydrogen-bond acceptors (Lipinski definition) is 5. The minimum atomic E-state index is -0.589. The van der Waals surface area contributed by atoms with Crippen LogP contribution in [0.2, 0.25) is 0 Å². The summed E-state index contributed by atoms with van der Waals surface area (Å²) in [5.74, 6) is 0.0427. The summed E-state index contributed by atoms with van der Waals surface area (Å²) >= 11 is 0. The smallest absolute Gasteiger partial charge is 0.267 e. The van der Waals surface area contributed by atoms with Crippen molar-refractivity contribution in [1.82, 2.24) is 34.1 Å². The number of fused-ring (bicyclic) bond motifs is 1. The van der Waals surface area contributed by atoms with Crippen molar-refractivity contribution in [2.24, 2.45) is 19.8 Å². The molecule has 27 heavy (non-hydrogen) atoms. The molecule has 1 amide bonds. The van der Waals surface area contributed by atoms with Gasteiger partial charge in [0.2, 0.25) is 0 Å². The number of carbonyl (C=O) groups excluding carboxylic acids is 1. The highest BCUT2D eigenvalue weighted by molar-refractivity contribution is 5.99. The van der Waals surface area contributed by atoms with Crippen molar-refractivity contribution in [3.8, 4) is 22.9 Å². The van der Waals surface area contributed by atoms with E-state index in [4.69, 9.17) is 10.7 Å². The second-order valence-corrected chi connectivity index (χ2v) is 6.47. The number of nitrogens with zero attached hydrogens (tertiary/aromatic N) is 7. The van der Waals surface area contributed by atoms with Gasteiger partial charge in [-0.05, 0) is 26.0 Å². The van der Waals surface area contributed by atoms with Crippen molar-refractivity contribution < 1.29 is 4.79 Å². The number of carbonyl (C=O) groups is 1. The number of primary amides is 1. The van der Waals surface area contributed by atoms with Gasteiger partial charge in [0.25, 0.3) is 5.91 Å². The fourth-order valence-corrected chi connectivity index (χ4v) is 3.24. The van der Waals surface area contributed by atoms with Gasteiger partial charge >= 0.3 is 0 Å². The number of hydrogen-bond donors (Lipinski definition) is 1. The first kappa shape index (κ1) is 17.0. The van der Waals surface area contributed by atoms with Gasteiger partial charge in [-0.1, -0.05) is 0 Å². The van der Waals surface area contributed by atoms with Gasteiger partial charge in [-0.3, -0.25) is 14.2 Å². The van der Waals surface area contributed by atoms with Crippen LogP contribution in [0, 0.1) is 6.92 Å². The Kier molecular flexibility index (Phi) is 3.79. The average Bonchev–Trinajstić information content (AvgIpc) is 3.31. The van der Waals surface area contributed by atoms with Crippen LogP contribution in [0.25, 0.3) is 33.8 Å². The van der Waals surface area contributed by atoms with Crippen LogP contribution in [0.1, 0.15) is 23.1 Å². The van der Waals surface area contributed by atoms with E-state index in [2.05, 4.69) is 15.2 Å². The minimum absolute atomic E-state index is 0.181. The maximum absolute atomic E-state index is 11.8. The van der Waals surface area contributed by atoms with E-state index in [9.17, 15) is 4.79 Å². The molecule has 0 aromatic carbocycles. The number of aryl methyl sites for hydroxylation is 4. The molecule has 9 heteroatoms. The Bertz CT molecular complexity index is 1180. The van der Waals surface area contributed by atoms with E-state index in [1.54, 1.807) is 16.9 Å². The summed E-state index contributed by atoms with van der Waals surface area (Å²) in [7, 11) is 3.70. The summed E-state index contributed by atoms with van der Waals surface area (Å²) in [4.78, 5) is 21.0. The lowest BCUT2D eigenvalue weighted by atomic mass is 10.2. The molecule has 0 radical (unpaired) electrons. The molecule has 0 atom stereocenters. The first-order valence-corrected chi connectivity index (χ1v) is 8.60. The quantitative estimate of drug-likeness (QED) is 0.592. The van der Waals surface area contributed by atoms with E-state index < -0.39 is 5.91 Å². The van der Waals surface area contributed by atoms with E-state index in [1.807, 2.05) is 49.5 Å². The zero-order valence-corrected chi connectivity index (χ0v) is 15.6. The van der Waals surface area contributed by atoms with Gasteiger partial charge in [-0.25, -0.2) is 9.97 Å². The molecule has 0 fully saturated rings. The normalized spacial score (nSPS) is 11.4. The number of imidazole rings is 1. The van der Waals surface area contributed by atoms with Crippen molar-refractivity contribution >= 4 is 16.8 Å². The van der Waals surface area contributed by atoms with Crippen LogP contribution in [0.5, 0.6) is 0 Å². The highest BCUT2D eigenvalue weighted by atomic mass is 16.1. The molecular formula is C18H20N8O. The predicted molar refractivity (Wildman–Crippen MR) is 101 cm³/mol.